The number of halogens is 2. The second kappa shape index (κ2) is 10.1. The molecule has 0 N–H and O–H groups in total. The van der Waals surface area contributed by atoms with Crippen LogP contribution in [0.3, 0.4) is 0 Å². The molecule has 0 bridgehead atoms. The fraction of sp³-hybridized carbons (Fsp3) is 0.273. The van der Waals surface area contributed by atoms with E-state index in [1.165, 1.54) is 0 Å². The third-order valence-corrected chi connectivity index (χ3v) is 5.48. The summed E-state index contributed by atoms with van der Waals surface area (Å²) in [6.45, 7) is 9.51. The van der Waals surface area contributed by atoms with Crippen molar-refractivity contribution < 1.29 is 23.5 Å². The molecular formula is C22H22Br2O5. The number of esters is 2. The fourth-order valence-electron chi connectivity index (χ4n) is 2.79. The Morgan fingerprint density at radius 3 is 2.34 bits per heavy atom. The minimum Gasteiger partial charge on any atom is -0.462 e. The van der Waals surface area contributed by atoms with Crippen LogP contribution in [0.2, 0.25) is 0 Å². The lowest BCUT2D eigenvalue weighted by molar-refractivity contribution is 0.0526. The first-order chi connectivity index (χ1) is 13.8. The maximum atomic E-state index is 12.6. The topological polar surface area (TPSA) is 65.7 Å². The van der Waals surface area contributed by atoms with Gasteiger partial charge in [0.05, 0.1) is 22.0 Å². The number of carbonyl (C=O) groups is 2. The van der Waals surface area contributed by atoms with Crippen LogP contribution in [0.15, 0.2) is 43.7 Å². The highest BCUT2D eigenvalue weighted by molar-refractivity contribution is 9.11. The molecule has 5 nitrogen and oxygen atoms in total. The van der Waals surface area contributed by atoms with Crippen LogP contribution in [0.25, 0.3) is 11.0 Å². The van der Waals surface area contributed by atoms with Gasteiger partial charge in [-0.2, -0.15) is 0 Å². The highest BCUT2D eigenvalue weighted by Gasteiger charge is 2.26. The van der Waals surface area contributed by atoms with Gasteiger partial charge < -0.3 is 13.9 Å². The number of benzene rings is 2. The zero-order valence-electron chi connectivity index (χ0n) is 16.9. The molecule has 154 valence electrons. The quantitative estimate of drug-likeness (QED) is 0.271. The Bertz CT molecular complexity index is 1050. The van der Waals surface area contributed by atoms with Gasteiger partial charge in [-0.15, -0.1) is 0 Å². The molecule has 0 aliphatic heterocycles. The van der Waals surface area contributed by atoms with E-state index in [4.69, 9.17) is 13.9 Å². The van der Waals surface area contributed by atoms with Crippen molar-refractivity contribution in [1.29, 1.82) is 0 Å². The first kappa shape index (κ1) is 23.2. The van der Waals surface area contributed by atoms with Gasteiger partial charge in [0.2, 0.25) is 0 Å². The number of furan rings is 1. The number of hydrogen-bond donors (Lipinski definition) is 0. The molecule has 29 heavy (non-hydrogen) atoms. The Morgan fingerprint density at radius 1 is 1.07 bits per heavy atom. The van der Waals surface area contributed by atoms with Gasteiger partial charge in [-0.3, -0.25) is 0 Å². The summed E-state index contributed by atoms with van der Waals surface area (Å²) >= 11 is 6.81. The molecule has 3 aromatic rings. The predicted octanol–water partition coefficient (Wildman–Crippen LogP) is 7.00. The number of rotatable bonds is 4. The molecule has 7 heteroatoms. The molecule has 0 saturated heterocycles. The van der Waals surface area contributed by atoms with Crippen molar-refractivity contribution in [2.75, 3.05) is 6.61 Å². The summed E-state index contributed by atoms with van der Waals surface area (Å²) in [4.78, 5) is 25.0. The van der Waals surface area contributed by atoms with E-state index >= 15 is 0 Å². The molecule has 0 radical (unpaired) electrons. The van der Waals surface area contributed by atoms with Gasteiger partial charge in [-0.05, 0) is 76.4 Å². The monoisotopic (exact) mass is 524 g/mol. The number of aryl methyl sites for hydroxylation is 2. The smallest absolute Gasteiger partial charge is 0.344 e. The fourth-order valence-corrected chi connectivity index (χ4v) is 3.81. The van der Waals surface area contributed by atoms with Gasteiger partial charge in [0.25, 0.3) is 0 Å². The van der Waals surface area contributed by atoms with E-state index in [1.54, 1.807) is 38.1 Å². The van der Waals surface area contributed by atoms with Crippen LogP contribution in [0.1, 0.15) is 52.8 Å². The summed E-state index contributed by atoms with van der Waals surface area (Å²) in [5.74, 6) is -0.253. The van der Waals surface area contributed by atoms with Crippen LogP contribution in [0.4, 0.5) is 0 Å². The zero-order valence-corrected chi connectivity index (χ0v) is 20.1. The summed E-state index contributed by atoms with van der Waals surface area (Å²) in [5.41, 5.74) is 2.00. The molecule has 0 saturated carbocycles. The first-order valence-corrected chi connectivity index (χ1v) is 10.8. The van der Waals surface area contributed by atoms with Gasteiger partial charge in [0.15, 0.2) is 0 Å². The van der Waals surface area contributed by atoms with E-state index < -0.39 is 11.9 Å². The van der Waals surface area contributed by atoms with Gasteiger partial charge in [0, 0.05) is 4.47 Å². The van der Waals surface area contributed by atoms with E-state index in [9.17, 15) is 9.59 Å². The van der Waals surface area contributed by atoms with Crippen LogP contribution < -0.4 is 4.74 Å². The highest BCUT2D eigenvalue weighted by Crippen LogP contribution is 2.41. The van der Waals surface area contributed by atoms with Crippen molar-refractivity contribution in [3.05, 3.63) is 61.7 Å². The van der Waals surface area contributed by atoms with E-state index in [0.29, 0.717) is 42.6 Å². The Balaban J connectivity index is 0.00000145. The molecule has 0 fully saturated rings. The van der Waals surface area contributed by atoms with Crippen LogP contribution >= 0.6 is 31.9 Å². The molecule has 2 aromatic carbocycles. The van der Waals surface area contributed by atoms with Crippen molar-refractivity contribution in [2.45, 2.75) is 34.6 Å². The van der Waals surface area contributed by atoms with Crippen molar-refractivity contribution in [1.82, 2.24) is 0 Å². The summed E-state index contributed by atoms with van der Waals surface area (Å²) in [6.07, 6.45) is 0. The van der Waals surface area contributed by atoms with E-state index in [0.717, 1.165) is 5.56 Å². The lowest BCUT2D eigenvalue weighted by Crippen LogP contribution is -2.10. The van der Waals surface area contributed by atoms with Crippen molar-refractivity contribution >= 4 is 54.8 Å². The Hall–Kier alpha value is -2.12. The maximum absolute atomic E-state index is 12.6. The largest absolute Gasteiger partial charge is 0.462 e. The predicted molar refractivity (Wildman–Crippen MR) is 120 cm³/mol. The molecule has 0 unspecified atom stereocenters. The minimum atomic E-state index is -0.514. The van der Waals surface area contributed by atoms with Crippen LogP contribution in [0, 0.1) is 13.8 Å². The van der Waals surface area contributed by atoms with Gasteiger partial charge in [-0.1, -0.05) is 26.0 Å². The average molecular weight is 526 g/mol. The molecule has 0 aliphatic carbocycles. The van der Waals surface area contributed by atoms with Crippen LogP contribution in [0.5, 0.6) is 5.75 Å². The minimum absolute atomic E-state index is 0.248. The highest BCUT2D eigenvalue weighted by atomic mass is 79.9. The molecule has 0 aliphatic rings. The molecular weight excluding hydrogens is 504 g/mol. The van der Waals surface area contributed by atoms with Gasteiger partial charge in [0.1, 0.15) is 22.7 Å². The summed E-state index contributed by atoms with van der Waals surface area (Å²) < 4.78 is 17.6. The summed E-state index contributed by atoms with van der Waals surface area (Å²) in [7, 11) is 0. The Morgan fingerprint density at radius 2 is 1.72 bits per heavy atom. The first-order valence-electron chi connectivity index (χ1n) is 9.21. The van der Waals surface area contributed by atoms with Crippen LogP contribution in [-0.4, -0.2) is 18.5 Å². The number of ether oxygens (including phenoxy) is 2. The molecule has 0 spiro atoms. The van der Waals surface area contributed by atoms with Crippen molar-refractivity contribution in [3.63, 3.8) is 0 Å². The maximum Gasteiger partial charge on any atom is 0.344 e. The average Bonchev–Trinajstić information content (AvgIpc) is 3.06. The Kier molecular flexibility index (Phi) is 8.05. The molecule has 0 amide bonds. The van der Waals surface area contributed by atoms with E-state index in [-0.39, 0.29) is 6.61 Å². The van der Waals surface area contributed by atoms with E-state index in [2.05, 4.69) is 31.9 Å². The third kappa shape index (κ3) is 4.73. The number of fused-ring (bicyclic) bond motifs is 1. The Labute approximate surface area is 186 Å². The number of hydrogen-bond acceptors (Lipinski definition) is 5. The van der Waals surface area contributed by atoms with Crippen LogP contribution in [-0.2, 0) is 4.74 Å². The SMILES string of the molecule is CC.CCOC(=O)c1c(C)oc2c(C)cc(OC(=O)c3ccccc3Br)c(Br)c12. The van der Waals surface area contributed by atoms with Gasteiger partial charge in [-0.25, -0.2) is 9.59 Å². The molecule has 1 aromatic heterocycles. The second-order valence-electron chi connectivity index (χ2n) is 5.83. The van der Waals surface area contributed by atoms with Crippen molar-refractivity contribution in [2.24, 2.45) is 0 Å². The standard InChI is InChI=1S/C20H16Br2O5.C2H6/c1-4-25-20(24)15-11(3)26-18-10(2)9-14(17(22)16(15)18)27-19(23)12-7-5-6-8-13(12)21;1-2/h5-9H,4H2,1-3H3;1-2H3. The molecule has 0 atom stereocenters. The molecule has 1 heterocycles. The second-order valence-corrected chi connectivity index (χ2v) is 7.48. The third-order valence-electron chi connectivity index (χ3n) is 4.00. The summed E-state index contributed by atoms with van der Waals surface area (Å²) in [6, 6.07) is 8.69. The van der Waals surface area contributed by atoms with E-state index in [1.807, 2.05) is 26.8 Å². The zero-order chi connectivity index (χ0) is 21.7. The number of carbonyl (C=O) groups excluding carboxylic acids is 2. The lowest BCUT2D eigenvalue weighted by Gasteiger charge is -2.10. The van der Waals surface area contributed by atoms with Gasteiger partial charge >= 0.3 is 11.9 Å². The van der Waals surface area contributed by atoms with Crippen molar-refractivity contribution in [3.8, 4) is 5.75 Å². The normalized spacial score (nSPS) is 10.3. The molecule has 3 rings (SSSR count). The summed E-state index contributed by atoms with van der Waals surface area (Å²) in [5, 5.41) is 0.529. The lowest BCUT2D eigenvalue weighted by atomic mass is 10.1.